The third-order valence-electron chi connectivity index (χ3n) is 3.46. The molecule has 1 amide bonds. The number of nitrogens with one attached hydrogen (secondary N) is 1. The SMILES string of the molecule is CNCC(C(C)C)C1CN(C(=O)OC(C)(C)C)C1. The molecule has 0 bridgehead atoms. The van der Waals surface area contributed by atoms with Gasteiger partial charge in [-0.15, -0.1) is 0 Å². The Kier molecular flexibility index (Phi) is 5.02. The molecule has 0 saturated carbocycles. The molecule has 0 aromatic heterocycles. The van der Waals surface area contributed by atoms with E-state index in [1.807, 2.05) is 27.8 Å². The van der Waals surface area contributed by atoms with Crippen molar-refractivity contribution in [3.05, 3.63) is 0 Å². The minimum atomic E-state index is -0.398. The molecule has 1 heterocycles. The maximum atomic E-state index is 11.8. The van der Waals surface area contributed by atoms with Crippen molar-refractivity contribution in [1.29, 1.82) is 0 Å². The monoisotopic (exact) mass is 256 g/mol. The molecule has 106 valence electrons. The van der Waals surface area contributed by atoms with Crippen molar-refractivity contribution in [3.63, 3.8) is 0 Å². The average molecular weight is 256 g/mol. The minimum Gasteiger partial charge on any atom is -0.444 e. The van der Waals surface area contributed by atoms with E-state index in [9.17, 15) is 4.79 Å². The predicted molar refractivity (Wildman–Crippen MR) is 73.6 cm³/mol. The van der Waals surface area contributed by atoms with Crippen LogP contribution in [0.2, 0.25) is 0 Å². The van der Waals surface area contributed by atoms with E-state index in [-0.39, 0.29) is 6.09 Å². The van der Waals surface area contributed by atoms with Gasteiger partial charge in [0, 0.05) is 13.1 Å². The van der Waals surface area contributed by atoms with Gasteiger partial charge in [0.05, 0.1) is 0 Å². The lowest BCUT2D eigenvalue weighted by molar-refractivity contribution is -0.0153. The molecule has 1 fully saturated rings. The standard InChI is InChI=1S/C14H28N2O2/c1-10(2)12(7-15-6)11-8-16(9-11)13(17)18-14(3,4)5/h10-12,15H,7-9H2,1-6H3. The zero-order valence-electron chi connectivity index (χ0n) is 12.6. The van der Waals surface area contributed by atoms with Crippen molar-refractivity contribution < 1.29 is 9.53 Å². The van der Waals surface area contributed by atoms with Crippen LogP contribution in [0.3, 0.4) is 0 Å². The van der Waals surface area contributed by atoms with E-state index in [1.165, 1.54) is 0 Å². The third-order valence-corrected chi connectivity index (χ3v) is 3.46. The molecule has 0 spiro atoms. The van der Waals surface area contributed by atoms with Gasteiger partial charge >= 0.3 is 6.09 Å². The quantitative estimate of drug-likeness (QED) is 0.839. The number of hydrogen-bond acceptors (Lipinski definition) is 3. The fourth-order valence-electron chi connectivity index (χ4n) is 2.44. The Labute approximate surface area is 111 Å². The molecule has 0 aromatic carbocycles. The molecular weight excluding hydrogens is 228 g/mol. The highest BCUT2D eigenvalue weighted by Gasteiger charge is 2.38. The molecule has 1 rings (SSSR count). The molecule has 18 heavy (non-hydrogen) atoms. The van der Waals surface area contributed by atoms with Crippen LogP contribution in [0.25, 0.3) is 0 Å². The molecular formula is C14H28N2O2. The summed E-state index contributed by atoms with van der Waals surface area (Å²) in [5.41, 5.74) is -0.398. The van der Waals surface area contributed by atoms with Crippen molar-refractivity contribution in [3.8, 4) is 0 Å². The van der Waals surface area contributed by atoms with E-state index in [4.69, 9.17) is 4.74 Å². The molecule has 0 aliphatic carbocycles. The number of hydrogen-bond donors (Lipinski definition) is 1. The first-order chi connectivity index (χ1) is 8.24. The smallest absolute Gasteiger partial charge is 0.410 e. The number of ether oxygens (including phenoxy) is 1. The van der Waals surface area contributed by atoms with E-state index in [2.05, 4.69) is 19.2 Å². The molecule has 4 nitrogen and oxygen atoms in total. The van der Waals surface area contributed by atoms with Gasteiger partial charge in [0.2, 0.25) is 0 Å². The maximum Gasteiger partial charge on any atom is 0.410 e. The van der Waals surface area contributed by atoms with Crippen LogP contribution in [0.4, 0.5) is 4.79 Å². The Morgan fingerprint density at radius 2 is 1.94 bits per heavy atom. The molecule has 1 N–H and O–H groups in total. The lowest BCUT2D eigenvalue weighted by atomic mass is 9.79. The second kappa shape index (κ2) is 5.91. The highest BCUT2D eigenvalue weighted by Crippen LogP contribution is 2.30. The zero-order chi connectivity index (χ0) is 13.9. The number of amides is 1. The Balaban J connectivity index is 2.40. The molecule has 1 saturated heterocycles. The van der Waals surface area contributed by atoms with Crippen LogP contribution in [0, 0.1) is 17.8 Å². The molecule has 1 atom stereocenters. The summed E-state index contributed by atoms with van der Waals surface area (Å²) < 4.78 is 5.36. The number of nitrogens with zero attached hydrogens (tertiary/aromatic N) is 1. The van der Waals surface area contributed by atoms with Crippen LogP contribution in [0.5, 0.6) is 0 Å². The first-order valence-corrected chi connectivity index (χ1v) is 6.87. The van der Waals surface area contributed by atoms with Crippen LogP contribution in [-0.2, 0) is 4.74 Å². The Morgan fingerprint density at radius 3 is 2.33 bits per heavy atom. The molecule has 1 aliphatic rings. The van der Waals surface area contributed by atoms with Gasteiger partial charge in [-0.1, -0.05) is 13.8 Å². The molecule has 1 aliphatic heterocycles. The zero-order valence-corrected chi connectivity index (χ0v) is 12.6. The highest BCUT2D eigenvalue weighted by atomic mass is 16.6. The first kappa shape index (κ1) is 15.3. The van der Waals surface area contributed by atoms with E-state index in [1.54, 1.807) is 4.90 Å². The highest BCUT2D eigenvalue weighted by molar-refractivity contribution is 5.69. The van der Waals surface area contributed by atoms with Crippen LogP contribution in [0.1, 0.15) is 34.6 Å². The third kappa shape index (κ3) is 4.16. The molecule has 0 radical (unpaired) electrons. The first-order valence-electron chi connectivity index (χ1n) is 6.87. The number of likely N-dealkylation sites (tertiary alicyclic amines) is 1. The minimum absolute atomic E-state index is 0.175. The number of carbonyl (C=O) groups is 1. The van der Waals surface area contributed by atoms with Crippen LogP contribution in [0.15, 0.2) is 0 Å². The van der Waals surface area contributed by atoms with Crippen molar-refractivity contribution in [2.75, 3.05) is 26.7 Å². The van der Waals surface area contributed by atoms with Gasteiger partial charge in [0.15, 0.2) is 0 Å². The summed E-state index contributed by atoms with van der Waals surface area (Å²) in [4.78, 5) is 13.6. The molecule has 1 unspecified atom stereocenters. The number of carbonyl (C=O) groups excluding carboxylic acids is 1. The summed E-state index contributed by atoms with van der Waals surface area (Å²) in [5.74, 6) is 1.88. The van der Waals surface area contributed by atoms with Gasteiger partial charge in [0.1, 0.15) is 5.60 Å². The topological polar surface area (TPSA) is 41.6 Å². The normalized spacial score (nSPS) is 18.7. The summed E-state index contributed by atoms with van der Waals surface area (Å²) in [7, 11) is 1.99. The Bertz CT molecular complexity index is 278. The van der Waals surface area contributed by atoms with Crippen molar-refractivity contribution in [2.45, 2.75) is 40.2 Å². The van der Waals surface area contributed by atoms with Gasteiger partial charge < -0.3 is 15.0 Å². The van der Waals surface area contributed by atoms with Crippen molar-refractivity contribution in [2.24, 2.45) is 17.8 Å². The summed E-state index contributed by atoms with van der Waals surface area (Å²) in [6.07, 6.45) is -0.175. The Morgan fingerprint density at radius 1 is 1.39 bits per heavy atom. The van der Waals surface area contributed by atoms with Crippen molar-refractivity contribution in [1.82, 2.24) is 10.2 Å². The number of rotatable bonds is 4. The fourth-order valence-corrected chi connectivity index (χ4v) is 2.44. The average Bonchev–Trinajstić information content (AvgIpc) is 2.10. The summed E-state index contributed by atoms with van der Waals surface area (Å²) in [5, 5.41) is 3.25. The summed E-state index contributed by atoms with van der Waals surface area (Å²) in [6, 6.07) is 0. The molecule has 4 heteroatoms. The van der Waals surface area contributed by atoms with Gasteiger partial charge in [-0.2, -0.15) is 0 Å². The van der Waals surface area contributed by atoms with Crippen LogP contribution >= 0.6 is 0 Å². The van der Waals surface area contributed by atoms with E-state index < -0.39 is 5.60 Å². The molecule has 0 aromatic rings. The van der Waals surface area contributed by atoms with Crippen LogP contribution in [-0.4, -0.2) is 43.3 Å². The van der Waals surface area contributed by atoms with Gasteiger partial charge in [0.25, 0.3) is 0 Å². The van der Waals surface area contributed by atoms with E-state index in [0.29, 0.717) is 17.8 Å². The van der Waals surface area contributed by atoms with E-state index >= 15 is 0 Å². The fraction of sp³-hybridized carbons (Fsp3) is 0.929. The lowest BCUT2D eigenvalue weighted by Gasteiger charge is -2.44. The largest absolute Gasteiger partial charge is 0.444 e. The second-order valence-electron chi connectivity index (χ2n) is 6.61. The second-order valence-corrected chi connectivity index (χ2v) is 6.61. The lowest BCUT2D eigenvalue weighted by Crippen LogP contribution is -2.55. The summed E-state index contributed by atoms with van der Waals surface area (Å²) >= 11 is 0. The van der Waals surface area contributed by atoms with Gasteiger partial charge in [-0.3, -0.25) is 0 Å². The van der Waals surface area contributed by atoms with Crippen molar-refractivity contribution >= 4 is 6.09 Å². The summed E-state index contributed by atoms with van der Waals surface area (Å²) in [6.45, 7) is 12.9. The van der Waals surface area contributed by atoms with Gasteiger partial charge in [-0.05, 0) is 52.1 Å². The maximum absolute atomic E-state index is 11.8. The predicted octanol–water partition coefficient (Wildman–Crippen LogP) is 2.34. The Hall–Kier alpha value is -0.770. The van der Waals surface area contributed by atoms with Gasteiger partial charge in [-0.25, -0.2) is 4.79 Å². The van der Waals surface area contributed by atoms with E-state index in [0.717, 1.165) is 19.6 Å². The van der Waals surface area contributed by atoms with Crippen LogP contribution < -0.4 is 5.32 Å².